The van der Waals surface area contributed by atoms with Crippen LogP contribution >= 0.6 is 0 Å². The Bertz CT molecular complexity index is 664. The first-order chi connectivity index (χ1) is 9.50. The quantitative estimate of drug-likeness (QED) is 0.760. The summed E-state index contributed by atoms with van der Waals surface area (Å²) in [6, 6.07) is 10.8. The van der Waals surface area contributed by atoms with Crippen molar-refractivity contribution in [2.45, 2.75) is 11.4 Å². The van der Waals surface area contributed by atoms with Crippen molar-refractivity contribution in [2.24, 2.45) is 0 Å². The molecule has 1 aromatic carbocycles. The summed E-state index contributed by atoms with van der Waals surface area (Å²) < 4.78 is 30.6. The maximum atomic E-state index is 12.4. The molecule has 0 spiro atoms. The number of hydrogen-bond donors (Lipinski definition) is 0. The number of rotatable bonds is 6. The molecular weight excluding hydrogens is 282 g/mol. The second-order valence-electron chi connectivity index (χ2n) is 4.04. The highest BCUT2D eigenvalue weighted by molar-refractivity contribution is 7.89. The lowest BCUT2D eigenvalue weighted by Crippen LogP contribution is -2.41. The highest BCUT2D eigenvalue weighted by Crippen LogP contribution is 2.17. The van der Waals surface area contributed by atoms with Crippen LogP contribution in [-0.2, 0) is 21.4 Å². The summed E-state index contributed by atoms with van der Waals surface area (Å²) >= 11 is 0. The van der Waals surface area contributed by atoms with Crippen LogP contribution < -0.4 is 5.11 Å². The number of carbonyl (C=O) groups excluding carboxylic acids is 1. The zero-order valence-electron chi connectivity index (χ0n) is 10.4. The van der Waals surface area contributed by atoms with Crippen molar-refractivity contribution in [3.8, 4) is 0 Å². The van der Waals surface area contributed by atoms with E-state index < -0.39 is 22.5 Å². The number of benzene rings is 1. The maximum Gasteiger partial charge on any atom is 0.243 e. The van der Waals surface area contributed by atoms with E-state index in [9.17, 15) is 18.3 Å². The van der Waals surface area contributed by atoms with Gasteiger partial charge in [0.25, 0.3) is 0 Å². The molecule has 2 rings (SSSR count). The molecule has 6 nitrogen and oxygen atoms in total. The Morgan fingerprint density at radius 3 is 2.40 bits per heavy atom. The summed E-state index contributed by atoms with van der Waals surface area (Å²) in [5.74, 6) is -1.12. The molecule has 0 unspecified atom stereocenters. The standard InChI is InChI=1S/C13H13NO5S/c15-13(16)10-14(9-11-5-4-8-19-11)20(17,18)12-6-2-1-3-7-12/h1-8H,9-10H2,(H,15,16)/p-1. The highest BCUT2D eigenvalue weighted by Gasteiger charge is 2.25. The molecule has 0 saturated carbocycles. The van der Waals surface area contributed by atoms with Crippen molar-refractivity contribution in [1.82, 2.24) is 4.31 Å². The Labute approximate surface area is 116 Å². The van der Waals surface area contributed by atoms with Gasteiger partial charge in [0.2, 0.25) is 10.0 Å². The zero-order chi connectivity index (χ0) is 14.6. The molecule has 0 aliphatic heterocycles. The second-order valence-corrected chi connectivity index (χ2v) is 5.98. The summed E-state index contributed by atoms with van der Waals surface area (Å²) in [7, 11) is -3.92. The van der Waals surface area contributed by atoms with Crippen LogP contribution in [-0.4, -0.2) is 25.2 Å². The maximum absolute atomic E-state index is 12.4. The van der Waals surface area contributed by atoms with E-state index in [1.54, 1.807) is 30.3 Å². The average Bonchev–Trinajstić information content (AvgIpc) is 2.91. The molecule has 1 aromatic heterocycles. The molecule has 0 radical (unpaired) electrons. The van der Waals surface area contributed by atoms with Gasteiger partial charge in [-0.2, -0.15) is 4.31 Å². The molecule has 0 saturated heterocycles. The van der Waals surface area contributed by atoms with Crippen LogP contribution in [0.15, 0.2) is 58.0 Å². The first-order valence-corrected chi connectivity index (χ1v) is 7.21. The summed E-state index contributed by atoms with van der Waals surface area (Å²) in [5.41, 5.74) is 0. The molecule has 0 amide bonds. The Hall–Kier alpha value is -2.12. The first-order valence-electron chi connectivity index (χ1n) is 5.77. The van der Waals surface area contributed by atoms with Gasteiger partial charge in [-0.1, -0.05) is 18.2 Å². The third-order valence-electron chi connectivity index (χ3n) is 2.60. The molecule has 7 heteroatoms. The molecule has 0 N–H and O–H groups in total. The van der Waals surface area contributed by atoms with E-state index in [0.717, 1.165) is 4.31 Å². The fourth-order valence-corrected chi connectivity index (χ4v) is 3.06. The lowest BCUT2D eigenvalue weighted by atomic mass is 10.4. The van der Waals surface area contributed by atoms with E-state index in [1.165, 1.54) is 18.4 Å². The van der Waals surface area contributed by atoms with Gasteiger partial charge in [-0.15, -0.1) is 0 Å². The van der Waals surface area contributed by atoms with Gasteiger partial charge in [-0.3, -0.25) is 0 Å². The van der Waals surface area contributed by atoms with Gasteiger partial charge in [0.1, 0.15) is 5.76 Å². The Kier molecular flexibility index (Phi) is 4.21. The third kappa shape index (κ3) is 3.25. The summed E-state index contributed by atoms with van der Waals surface area (Å²) in [6.45, 7) is -0.907. The molecule has 106 valence electrons. The predicted octanol–water partition coefficient (Wildman–Crippen LogP) is 0.220. The largest absolute Gasteiger partial charge is 0.549 e. The number of furan rings is 1. The van der Waals surface area contributed by atoms with Crippen molar-refractivity contribution in [2.75, 3.05) is 6.54 Å². The monoisotopic (exact) mass is 294 g/mol. The smallest absolute Gasteiger partial charge is 0.243 e. The predicted molar refractivity (Wildman–Crippen MR) is 67.8 cm³/mol. The lowest BCUT2D eigenvalue weighted by molar-refractivity contribution is -0.305. The Morgan fingerprint density at radius 2 is 1.85 bits per heavy atom. The van der Waals surface area contributed by atoms with Crippen LogP contribution in [0.25, 0.3) is 0 Å². The summed E-state index contributed by atoms with van der Waals surface area (Å²) in [5, 5.41) is 10.8. The number of hydrogen-bond acceptors (Lipinski definition) is 5. The molecule has 20 heavy (non-hydrogen) atoms. The minimum atomic E-state index is -3.92. The van der Waals surface area contributed by atoms with E-state index in [2.05, 4.69) is 0 Å². The minimum Gasteiger partial charge on any atom is -0.549 e. The van der Waals surface area contributed by atoms with Crippen LogP contribution in [0.4, 0.5) is 0 Å². The number of sulfonamides is 1. The molecule has 0 atom stereocenters. The van der Waals surface area contributed by atoms with Gasteiger partial charge >= 0.3 is 0 Å². The van der Waals surface area contributed by atoms with Gasteiger partial charge in [-0.25, -0.2) is 8.42 Å². The summed E-state index contributed by atoms with van der Waals surface area (Å²) in [6.07, 6.45) is 1.39. The van der Waals surface area contributed by atoms with E-state index >= 15 is 0 Å². The lowest BCUT2D eigenvalue weighted by Gasteiger charge is -2.21. The van der Waals surface area contributed by atoms with Crippen LogP contribution in [0.3, 0.4) is 0 Å². The topological polar surface area (TPSA) is 90.7 Å². The van der Waals surface area contributed by atoms with Gasteiger partial charge < -0.3 is 14.3 Å². The van der Waals surface area contributed by atoms with Gasteiger partial charge in [-0.05, 0) is 24.3 Å². The Morgan fingerprint density at radius 1 is 1.15 bits per heavy atom. The van der Waals surface area contributed by atoms with Gasteiger partial charge in [0.05, 0.1) is 30.2 Å². The van der Waals surface area contributed by atoms with E-state index in [-0.39, 0.29) is 11.4 Å². The molecule has 0 fully saturated rings. The fraction of sp³-hybridized carbons (Fsp3) is 0.154. The first kappa shape index (κ1) is 14.3. The second kappa shape index (κ2) is 5.89. The summed E-state index contributed by atoms with van der Waals surface area (Å²) in [4.78, 5) is 10.8. The number of carbonyl (C=O) groups is 1. The SMILES string of the molecule is O=C([O-])CN(Cc1ccco1)S(=O)(=O)c1ccccc1. The number of carboxylic acids is 1. The zero-order valence-corrected chi connectivity index (χ0v) is 11.2. The molecule has 1 heterocycles. The molecule has 2 aromatic rings. The average molecular weight is 294 g/mol. The van der Waals surface area contributed by atoms with E-state index in [4.69, 9.17) is 4.42 Å². The highest BCUT2D eigenvalue weighted by atomic mass is 32.2. The van der Waals surface area contributed by atoms with Gasteiger partial charge in [0, 0.05) is 0 Å². The molecular formula is C13H12NO5S-. The molecule has 0 bridgehead atoms. The van der Waals surface area contributed by atoms with Crippen molar-refractivity contribution < 1.29 is 22.7 Å². The molecule has 0 aliphatic rings. The van der Waals surface area contributed by atoms with Crippen molar-refractivity contribution in [3.05, 3.63) is 54.5 Å². The van der Waals surface area contributed by atoms with Crippen molar-refractivity contribution >= 4 is 16.0 Å². The van der Waals surface area contributed by atoms with Crippen LogP contribution in [0.5, 0.6) is 0 Å². The van der Waals surface area contributed by atoms with Crippen molar-refractivity contribution in [3.63, 3.8) is 0 Å². The Balaban J connectivity index is 2.33. The van der Waals surface area contributed by atoms with Crippen molar-refractivity contribution in [1.29, 1.82) is 0 Å². The van der Waals surface area contributed by atoms with Crippen LogP contribution in [0, 0.1) is 0 Å². The van der Waals surface area contributed by atoms with Crippen LogP contribution in [0.1, 0.15) is 5.76 Å². The minimum absolute atomic E-state index is 0.0211. The number of nitrogens with zero attached hydrogens (tertiary/aromatic N) is 1. The number of aliphatic carboxylic acids is 1. The molecule has 0 aliphatic carbocycles. The third-order valence-corrected chi connectivity index (χ3v) is 4.40. The van der Waals surface area contributed by atoms with Crippen LogP contribution in [0.2, 0.25) is 0 Å². The van der Waals surface area contributed by atoms with E-state index in [1.807, 2.05) is 0 Å². The van der Waals surface area contributed by atoms with E-state index in [0.29, 0.717) is 5.76 Å². The number of carboxylic acid groups (broad SMARTS) is 1. The normalized spacial score (nSPS) is 11.7. The van der Waals surface area contributed by atoms with Gasteiger partial charge in [0.15, 0.2) is 0 Å². The fourth-order valence-electron chi connectivity index (χ4n) is 1.69.